The van der Waals surface area contributed by atoms with Crippen LogP contribution in [0.5, 0.6) is 0 Å². The van der Waals surface area contributed by atoms with E-state index in [1.54, 1.807) is 0 Å². The first-order valence-corrected chi connectivity index (χ1v) is 4.74. The average molecular weight is 202 g/mol. The quantitative estimate of drug-likeness (QED) is 0.667. The fraction of sp³-hybridized carbons (Fsp3) is 0.889. The number of ether oxygens (including phenoxy) is 2. The molecule has 0 bridgehead atoms. The Labute approximate surface area is 84.1 Å². The second-order valence-corrected chi connectivity index (χ2v) is 3.90. The summed E-state index contributed by atoms with van der Waals surface area (Å²) in [4.78, 5) is 11.1. The molecule has 1 aliphatic rings. The molecule has 5 heteroatoms. The summed E-state index contributed by atoms with van der Waals surface area (Å²) in [5.41, 5.74) is -0.416. The lowest BCUT2D eigenvalue weighted by molar-refractivity contribution is -0.0215. The van der Waals surface area contributed by atoms with Crippen LogP contribution < -0.4 is 10.6 Å². The number of hydrogen-bond acceptors (Lipinski definition) is 4. The highest BCUT2D eigenvalue weighted by molar-refractivity contribution is 5.68. The van der Waals surface area contributed by atoms with Gasteiger partial charge < -0.3 is 20.1 Å². The summed E-state index contributed by atoms with van der Waals surface area (Å²) >= 11 is 0. The summed E-state index contributed by atoms with van der Waals surface area (Å²) in [6.45, 7) is 6.13. The highest BCUT2D eigenvalue weighted by Gasteiger charge is 2.33. The molecule has 2 N–H and O–H groups in total. The molecule has 1 amide bonds. The summed E-state index contributed by atoms with van der Waals surface area (Å²) in [5.74, 6) is 0. The van der Waals surface area contributed by atoms with Crippen LogP contribution in [0.15, 0.2) is 0 Å². The van der Waals surface area contributed by atoms with E-state index in [9.17, 15) is 4.79 Å². The number of hydrogen-bond donors (Lipinski definition) is 2. The van der Waals surface area contributed by atoms with Gasteiger partial charge in [-0.25, -0.2) is 4.79 Å². The summed E-state index contributed by atoms with van der Waals surface area (Å²) < 4.78 is 10.1. The van der Waals surface area contributed by atoms with Crippen LogP contribution in [0.2, 0.25) is 0 Å². The molecule has 1 rings (SSSR count). The molecule has 0 radical (unpaired) electrons. The molecule has 0 saturated carbocycles. The predicted octanol–water partition coefficient (Wildman–Crippen LogP) is 0.109. The molecule has 0 aromatic carbocycles. The molecule has 0 spiro atoms. The van der Waals surface area contributed by atoms with Crippen LogP contribution in [0.3, 0.4) is 0 Å². The van der Waals surface area contributed by atoms with E-state index in [0.29, 0.717) is 6.61 Å². The van der Waals surface area contributed by atoms with Gasteiger partial charge >= 0.3 is 6.09 Å². The molecular formula is C9H18N2O3. The summed E-state index contributed by atoms with van der Waals surface area (Å²) in [7, 11) is 1.35. The van der Waals surface area contributed by atoms with Crippen molar-refractivity contribution in [2.45, 2.75) is 25.5 Å². The number of alkyl carbamates (subject to hydrolysis) is 1. The summed E-state index contributed by atoms with van der Waals surface area (Å²) in [6, 6.07) is 0. The van der Waals surface area contributed by atoms with Crippen LogP contribution in [-0.4, -0.2) is 44.5 Å². The fourth-order valence-corrected chi connectivity index (χ4v) is 1.42. The average Bonchev–Trinajstić information content (AvgIpc) is 2.18. The van der Waals surface area contributed by atoms with Gasteiger partial charge in [0.25, 0.3) is 0 Å². The molecule has 1 aliphatic heterocycles. The maximum Gasteiger partial charge on any atom is 0.407 e. The molecule has 1 unspecified atom stereocenters. The zero-order chi connectivity index (χ0) is 10.6. The van der Waals surface area contributed by atoms with Crippen molar-refractivity contribution < 1.29 is 14.3 Å². The Balaban J connectivity index is 2.49. The van der Waals surface area contributed by atoms with Crippen LogP contribution in [0, 0.1) is 0 Å². The molecule has 5 nitrogen and oxygen atoms in total. The first-order chi connectivity index (χ1) is 6.56. The van der Waals surface area contributed by atoms with Gasteiger partial charge in [0, 0.05) is 13.1 Å². The minimum absolute atomic E-state index is 0.0182. The number of nitrogens with one attached hydrogen (secondary N) is 2. The van der Waals surface area contributed by atoms with E-state index in [1.807, 2.05) is 13.8 Å². The fourth-order valence-electron chi connectivity index (χ4n) is 1.42. The molecular weight excluding hydrogens is 184 g/mol. The minimum atomic E-state index is -0.427. The maximum atomic E-state index is 11.1. The number of rotatable bonds is 2. The van der Waals surface area contributed by atoms with Crippen LogP contribution in [0.1, 0.15) is 13.8 Å². The van der Waals surface area contributed by atoms with E-state index < -0.39 is 11.6 Å². The van der Waals surface area contributed by atoms with Crippen molar-refractivity contribution in [3.05, 3.63) is 0 Å². The smallest absolute Gasteiger partial charge is 0.407 e. The Morgan fingerprint density at radius 1 is 1.64 bits per heavy atom. The van der Waals surface area contributed by atoms with E-state index in [4.69, 9.17) is 4.74 Å². The molecule has 0 aliphatic carbocycles. The lowest BCUT2D eigenvalue weighted by Gasteiger charge is -2.37. The number of carbonyl (C=O) groups excluding carboxylic acids is 1. The van der Waals surface area contributed by atoms with Gasteiger partial charge in [0.1, 0.15) is 0 Å². The largest absolute Gasteiger partial charge is 0.453 e. The lowest BCUT2D eigenvalue weighted by atomic mass is 9.96. The third-order valence-corrected chi connectivity index (χ3v) is 2.34. The van der Waals surface area contributed by atoms with Crippen LogP contribution in [-0.2, 0) is 9.47 Å². The van der Waals surface area contributed by atoms with E-state index in [0.717, 1.165) is 13.1 Å². The van der Waals surface area contributed by atoms with Crippen molar-refractivity contribution in [2.75, 3.05) is 26.8 Å². The van der Waals surface area contributed by atoms with Gasteiger partial charge in [-0.2, -0.15) is 0 Å². The molecule has 1 atom stereocenters. The molecule has 1 heterocycles. The molecule has 82 valence electrons. The van der Waals surface area contributed by atoms with Crippen molar-refractivity contribution in [1.82, 2.24) is 10.6 Å². The zero-order valence-electron chi connectivity index (χ0n) is 8.92. The molecule has 1 fully saturated rings. The first-order valence-electron chi connectivity index (χ1n) is 4.74. The highest BCUT2D eigenvalue weighted by atomic mass is 16.5. The summed E-state index contributed by atoms with van der Waals surface area (Å²) in [5, 5.41) is 5.96. The second-order valence-electron chi connectivity index (χ2n) is 3.90. The Morgan fingerprint density at radius 2 is 2.36 bits per heavy atom. The van der Waals surface area contributed by atoms with Gasteiger partial charge in [-0.15, -0.1) is 0 Å². The maximum absolute atomic E-state index is 11.1. The van der Waals surface area contributed by atoms with Gasteiger partial charge in [0.05, 0.1) is 25.4 Å². The van der Waals surface area contributed by atoms with Gasteiger partial charge in [-0.1, -0.05) is 0 Å². The Hall–Kier alpha value is -0.810. The molecule has 0 aromatic rings. The second kappa shape index (κ2) is 4.61. The van der Waals surface area contributed by atoms with Crippen molar-refractivity contribution in [3.8, 4) is 0 Å². The molecule has 0 aromatic heterocycles. The normalized spacial score (nSPS) is 22.9. The van der Waals surface area contributed by atoms with E-state index in [2.05, 4.69) is 15.4 Å². The molecule has 14 heavy (non-hydrogen) atoms. The topological polar surface area (TPSA) is 59.6 Å². The van der Waals surface area contributed by atoms with E-state index in [1.165, 1.54) is 7.11 Å². The predicted molar refractivity (Wildman–Crippen MR) is 52.2 cm³/mol. The van der Waals surface area contributed by atoms with Crippen LogP contribution in [0.25, 0.3) is 0 Å². The number of morpholine rings is 1. The third-order valence-electron chi connectivity index (χ3n) is 2.34. The van der Waals surface area contributed by atoms with Gasteiger partial charge in [-0.3, -0.25) is 0 Å². The number of methoxy groups -OCH3 is 1. The van der Waals surface area contributed by atoms with Crippen LogP contribution >= 0.6 is 0 Å². The lowest BCUT2D eigenvalue weighted by Crippen LogP contribution is -2.58. The van der Waals surface area contributed by atoms with Gasteiger partial charge in [0.15, 0.2) is 0 Å². The minimum Gasteiger partial charge on any atom is -0.453 e. The molecule has 1 saturated heterocycles. The Bertz CT molecular complexity index is 200. The van der Waals surface area contributed by atoms with Crippen molar-refractivity contribution in [1.29, 1.82) is 0 Å². The Kier molecular flexibility index (Phi) is 3.71. The number of amides is 1. The first kappa shape index (κ1) is 11.3. The van der Waals surface area contributed by atoms with E-state index in [-0.39, 0.29) is 6.10 Å². The third kappa shape index (κ3) is 2.85. The monoisotopic (exact) mass is 202 g/mol. The van der Waals surface area contributed by atoms with Gasteiger partial charge in [-0.05, 0) is 13.8 Å². The highest BCUT2D eigenvalue weighted by Crippen LogP contribution is 2.14. The van der Waals surface area contributed by atoms with Crippen molar-refractivity contribution in [3.63, 3.8) is 0 Å². The zero-order valence-corrected chi connectivity index (χ0v) is 8.92. The van der Waals surface area contributed by atoms with E-state index >= 15 is 0 Å². The summed E-state index contributed by atoms with van der Waals surface area (Å²) in [6.07, 6.45) is -0.445. The Morgan fingerprint density at radius 3 is 2.86 bits per heavy atom. The van der Waals surface area contributed by atoms with Crippen molar-refractivity contribution in [2.24, 2.45) is 0 Å². The van der Waals surface area contributed by atoms with Gasteiger partial charge in [0.2, 0.25) is 0 Å². The van der Waals surface area contributed by atoms with Crippen LogP contribution in [0.4, 0.5) is 4.79 Å². The standard InChI is InChI=1S/C9H18N2O3/c1-9(2,11-8(12)13-3)7-6-10-4-5-14-7/h7,10H,4-6H2,1-3H3,(H,11,12). The number of carbonyl (C=O) groups is 1. The van der Waals surface area contributed by atoms with Crippen molar-refractivity contribution >= 4 is 6.09 Å². The SMILES string of the molecule is COC(=O)NC(C)(C)C1CNCCO1.